The topological polar surface area (TPSA) is 133 Å². The summed E-state index contributed by atoms with van der Waals surface area (Å²) in [5.74, 6) is 0.100. The molecular formula is C23H18N8O3. The minimum absolute atomic E-state index is 0.0780. The second-order valence-electron chi connectivity index (χ2n) is 7.64. The first-order chi connectivity index (χ1) is 16.5. The van der Waals surface area contributed by atoms with Crippen molar-refractivity contribution in [2.24, 2.45) is 0 Å². The molecule has 0 atom stereocenters. The SMILES string of the molecule is Cc1ccc(Cn2ccc(NC(=O)c3cc(-c4cccc([N+](=O)[O-])c4)nc4ncnn34)n2)cc1. The van der Waals surface area contributed by atoms with Gasteiger partial charge in [-0.25, -0.2) is 4.98 Å². The second-order valence-corrected chi connectivity index (χ2v) is 7.64. The molecule has 5 aromatic rings. The van der Waals surface area contributed by atoms with Crippen molar-refractivity contribution in [2.75, 3.05) is 5.32 Å². The van der Waals surface area contributed by atoms with Crippen LogP contribution < -0.4 is 5.32 Å². The van der Waals surface area contributed by atoms with Crippen LogP contribution in [0.4, 0.5) is 11.5 Å². The largest absolute Gasteiger partial charge is 0.304 e. The van der Waals surface area contributed by atoms with Crippen LogP contribution in [0.1, 0.15) is 21.6 Å². The van der Waals surface area contributed by atoms with Crippen LogP contribution in [0.3, 0.4) is 0 Å². The van der Waals surface area contributed by atoms with Gasteiger partial charge >= 0.3 is 0 Å². The van der Waals surface area contributed by atoms with E-state index in [1.165, 1.54) is 34.6 Å². The molecule has 0 aliphatic carbocycles. The van der Waals surface area contributed by atoms with Crippen LogP contribution in [0.15, 0.2) is 73.2 Å². The monoisotopic (exact) mass is 454 g/mol. The maximum Gasteiger partial charge on any atom is 0.275 e. The molecule has 11 nitrogen and oxygen atoms in total. The summed E-state index contributed by atoms with van der Waals surface area (Å²) >= 11 is 0. The third-order valence-electron chi connectivity index (χ3n) is 5.18. The smallest absolute Gasteiger partial charge is 0.275 e. The van der Waals surface area contributed by atoms with Gasteiger partial charge in [0.1, 0.15) is 12.0 Å². The number of aromatic nitrogens is 6. The highest BCUT2D eigenvalue weighted by atomic mass is 16.6. The lowest BCUT2D eigenvalue weighted by molar-refractivity contribution is -0.384. The van der Waals surface area contributed by atoms with Gasteiger partial charge in [0.15, 0.2) is 5.82 Å². The van der Waals surface area contributed by atoms with E-state index in [2.05, 4.69) is 25.5 Å². The van der Waals surface area contributed by atoms with Crippen LogP contribution >= 0.6 is 0 Å². The fourth-order valence-corrected chi connectivity index (χ4v) is 3.48. The Morgan fingerprint density at radius 2 is 1.94 bits per heavy atom. The Balaban J connectivity index is 1.42. The zero-order valence-corrected chi connectivity index (χ0v) is 18.0. The Morgan fingerprint density at radius 3 is 2.74 bits per heavy atom. The number of non-ortho nitro benzene ring substituents is 1. The molecule has 3 aromatic heterocycles. The molecule has 0 spiro atoms. The van der Waals surface area contributed by atoms with E-state index < -0.39 is 10.8 Å². The van der Waals surface area contributed by atoms with Crippen LogP contribution in [0.25, 0.3) is 17.0 Å². The lowest BCUT2D eigenvalue weighted by Crippen LogP contribution is -2.18. The van der Waals surface area contributed by atoms with E-state index in [9.17, 15) is 14.9 Å². The Bertz CT molecular complexity index is 1520. The number of nitro benzene ring substituents is 1. The number of benzene rings is 2. The van der Waals surface area contributed by atoms with Gasteiger partial charge in [-0.15, -0.1) is 0 Å². The van der Waals surface area contributed by atoms with E-state index in [0.29, 0.717) is 23.6 Å². The quantitative estimate of drug-likeness (QED) is 0.307. The summed E-state index contributed by atoms with van der Waals surface area (Å²) < 4.78 is 3.03. The van der Waals surface area contributed by atoms with E-state index >= 15 is 0 Å². The Labute approximate surface area is 192 Å². The molecule has 168 valence electrons. The van der Waals surface area contributed by atoms with Crippen LogP contribution in [0, 0.1) is 17.0 Å². The van der Waals surface area contributed by atoms with Crippen molar-refractivity contribution in [2.45, 2.75) is 13.5 Å². The number of rotatable bonds is 6. The van der Waals surface area contributed by atoms with Crippen molar-refractivity contribution in [3.63, 3.8) is 0 Å². The summed E-state index contributed by atoms with van der Waals surface area (Å²) in [6.45, 7) is 2.59. The number of anilines is 1. The highest BCUT2D eigenvalue weighted by molar-refractivity contribution is 6.03. The number of carbonyl (C=O) groups excluding carboxylic acids is 1. The maximum atomic E-state index is 13.1. The third kappa shape index (κ3) is 4.21. The summed E-state index contributed by atoms with van der Waals surface area (Å²) in [5, 5.41) is 22.4. The highest BCUT2D eigenvalue weighted by Crippen LogP contribution is 2.24. The number of hydrogen-bond acceptors (Lipinski definition) is 7. The number of fused-ring (bicyclic) bond motifs is 1. The Hall–Kier alpha value is -4.93. The number of aryl methyl sites for hydroxylation is 1. The summed E-state index contributed by atoms with van der Waals surface area (Å²) in [7, 11) is 0. The first kappa shape index (κ1) is 20.9. The van der Waals surface area contributed by atoms with Crippen molar-refractivity contribution in [1.29, 1.82) is 0 Å². The van der Waals surface area contributed by atoms with Crippen molar-refractivity contribution in [1.82, 2.24) is 29.4 Å². The Kier molecular flexibility index (Phi) is 5.26. The molecule has 5 rings (SSSR count). The average Bonchev–Trinajstić information content (AvgIpc) is 3.49. The second kappa shape index (κ2) is 8.54. The molecule has 0 unspecified atom stereocenters. The van der Waals surface area contributed by atoms with Gasteiger partial charge in [0.25, 0.3) is 17.4 Å². The number of carbonyl (C=O) groups is 1. The predicted octanol–water partition coefficient (Wildman–Crippen LogP) is 3.51. The maximum absolute atomic E-state index is 13.1. The first-order valence-electron chi connectivity index (χ1n) is 10.3. The molecular weight excluding hydrogens is 436 g/mol. The standard InChI is InChI=1S/C23H18N8O3/c1-15-5-7-16(8-6-15)13-29-10-9-21(28-29)27-22(32)20-12-19(26-23-24-14-25-30(20)23)17-3-2-4-18(11-17)31(33)34/h2-12,14H,13H2,1H3,(H,27,28,32). The molecule has 34 heavy (non-hydrogen) atoms. The van der Waals surface area contributed by atoms with Crippen molar-refractivity contribution < 1.29 is 9.72 Å². The summed E-state index contributed by atoms with van der Waals surface area (Å²) in [5.41, 5.74) is 3.20. The predicted molar refractivity (Wildman–Crippen MR) is 123 cm³/mol. The highest BCUT2D eigenvalue weighted by Gasteiger charge is 2.18. The molecule has 0 fully saturated rings. The van der Waals surface area contributed by atoms with Crippen molar-refractivity contribution >= 4 is 23.2 Å². The zero-order valence-electron chi connectivity index (χ0n) is 18.0. The third-order valence-corrected chi connectivity index (χ3v) is 5.18. The van der Waals surface area contributed by atoms with Gasteiger partial charge in [0, 0.05) is 30.0 Å². The van der Waals surface area contributed by atoms with E-state index in [-0.39, 0.29) is 17.2 Å². The molecule has 0 aliphatic rings. The molecule has 1 amide bonds. The summed E-state index contributed by atoms with van der Waals surface area (Å²) in [6.07, 6.45) is 3.06. The normalized spacial score (nSPS) is 11.0. The van der Waals surface area contributed by atoms with E-state index in [0.717, 1.165) is 5.56 Å². The van der Waals surface area contributed by atoms with E-state index in [1.807, 2.05) is 31.2 Å². The lowest BCUT2D eigenvalue weighted by Gasteiger charge is -2.07. The molecule has 1 N–H and O–H groups in total. The van der Waals surface area contributed by atoms with Gasteiger partial charge in [-0.1, -0.05) is 42.0 Å². The molecule has 3 heterocycles. The summed E-state index contributed by atoms with van der Waals surface area (Å²) in [4.78, 5) is 32.2. The number of amides is 1. The van der Waals surface area contributed by atoms with Crippen molar-refractivity contribution in [3.05, 3.63) is 100 Å². The van der Waals surface area contributed by atoms with Gasteiger partial charge in [0.05, 0.1) is 17.2 Å². The molecule has 0 saturated heterocycles. The lowest BCUT2D eigenvalue weighted by atomic mass is 10.1. The van der Waals surface area contributed by atoms with Crippen LogP contribution in [0.2, 0.25) is 0 Å². The number of nitrogens with zero attached hydrogens (tertiary/aromatic N) is 7. The van der Waals surface area contributed by atoms with Crippen LogP contribution in [-0.4, -0.2) is 40.2 Å². The van der Waals surface area contributed by atoms with Crippen LogP contribution in [0.5, 0.6) is 0 Å². The fourth-order valence-electron chi connectivity index (χ4n) is 3.48. The minimum atomic E-state index is -0.486. The summed E-state index contributed by atoms with van der Waals surface area (Å²) in [6, 6.07) is 17.4. The molecule has 2 aromatic carbocycles. The molecule has 11 heteroatoms. The van der Waals surface area contributed by atoms with Gasteiger partial charge < -0.3 is 5.32 Å². The number of hydrogen-bond donors (Lipinski definition) is 1. The molecule has 0 saturated carbocycles. The van der Waals surface area contributed by atoms with Gasteiger partial charge in [-0.3, -0.25) is 19.6 Å². The van der Waals surface area contributed by atoms with Gasteiger partial charge in [-0.05, 0) is 18.6 Å². The zero-order chi connectivity index (χ0) is 23.7. The molecule has 0 radical (unpaired) electrons. The van der Waals surface area contributed by atoms with Gasteiger partial charge in [0.2, 0.25) is 0 Å². The van der Waals surface area contributed by atoms with E-state index in [4.69, 9.17) is 0 Å². The van der Waals surface area contributed by atoms with E-state index in [1.54, 1.807) is 29.1 Å². The van der Waals surface area contributed by atoms with Crippen molar-refractivity contribution in [3.8, 4) is 11.3 Å². The Morgan fingerprint density at radius 1 is 1.12 bits per heavy atom. The number of nitro groups is 1. The molecule has 0 aliphatic heterocycles. The van der Waals surface area contributed by atoms with Crippen LogP contribution in [-0.2, 0) is 6.54 Å². The average molecular weight is 454 g/mol. The minimum Gasteiger partial charge on any atom is -0.304 e. The molecule has 0 bridgehead atoms. The van der Waals surface area contributed by atoms with Gasteiger partial charge in [-0.2, -0.15) is 19.7 Å². The fraction of sp³-hybridized carbons (Fsp3) is 0.0870. The number of nitrogens with one attached hydrogen (secondary N) is 1. The first-order valence-corrected chi connectivity index (χ1v) is 10.3.